The third-order valence-corrected chi connectivity index (χ3v) is 10.7. The van der Waals surface area contributed by atoms with Crippen molar-refractivity contribution in [3.8, 4) is 22.3 Å². The van der Waals surface area contributed by atoms with Crippen LogP contribution in [0, 0.1) is 0 Å². The van der Waals surface area contributed by atoms with Gasteiger partial charge in [-0.25, -0.2) is 0 Å². The second-order valence-electron chi connectivity index (χ2n) is 13.7. The summed E-state index contributed by atoms with van der Waals surface area (Å²) in [7, 11) is 0. The second kappa shape index (κ2) is 11.7. The van der Waals surface area contributed by atoms with Gasteiger partial charge in [-0.2, -0.15) is 0 Å². The Balaban J connectivity index is 1.10. The van der Waals surface area contributed by atoms with Gasteiger partial charge in [-0.15, -0.1) is 0 Å². The molecule has 11 aromatic rings. The number of para-hydroxylation sites is 3. The summed E-state index contributed by atoms with van der Waals surface area (Å²) < 4.78 is 13.2. The Hall–Kier alpha value is -7.10. The minimum atomic E-state index is 0.841. The molecule has 3 heteroatoms. The predicted molar refractivity (Wildman–Crippen MR) is 222 cm³/mol. The molecule has 0 spiro atoms. The number of hydrogen-bond donors (Lipinski definition) is 0. The molecule has 0 N–H and O–H groups in total. The molecular formula is C50H31NO2. The lowest BCUT2D eigenvalue weighted by molar-refractivity contribution is 0.669. The van der Waals surface area contributed by atoms with E-state index in [-0.39, 0.29) is 0 Å². The monoisotopic (exact) mass is 677 g/mol. The topological polar surface area (TPSA) is 29.5 Å². The van der Waals surface area contributed by atoms with E-state index < -0.39 is 0 Å². The van der Waals surface area contributed by atoms with Gasteiger partial charge in [0.1, 0.15) is 16.7 Å². The number of furan rings is 2. The highest BCUT2D eigenvalue weighted by molar-refractivity contribution is 6.14. The van der Waals surface area contributed by atoms with Gasteiger partial charge in [-0.1, -0.05) is 140 Å². The highest BCUT2D eigenvalue weighted by Crippen LogP contribution is 2.45. The quantitative estimate of drug-likeness (QED) is 0.170. The fraction of sp³-hybridized carbons (Fsp3) is 0. The van der Waals surface area contributed by atoms with Crippen LogP contribution >= 0.6 is 0 Å². The zero-order chi connectivity index (χ0) is 34.9. The van der Waals surface area contributed by atoms with Crippen molar-refractivity contribution in [2.45, 2.75) is 0 Å². The largest absolute Gasteiger partial charge is 0.456 e. The zero-order valence-electron chi connectivity index (χ0n) is 28.7. The molecule has 248 valence electrons. The molecule has 0 aliphatic carbocycles. The maximum atomic E-state index is 6.94. The van der Waals surface area contributed by atoms with E-state index in [1.165, 1.54) is 27.1 Å². The molecule has 0 aliphatic rings. The molecule has 0 aliphatic heterocycles. The molecule has 9 aromatic carbocycles. The summed E-state index contributed by atoms with van der Waals surface area (Å²) in [6.07, 6.45) is 0. The van der Waals surface area contributed by atoms with Crippen LogP contribution in [0.5, 0.6) is 0 Å². The Morgan fingerprint density at radius 3 is 1.83 bits per heavy atom. The summed E-state index contributed by atoms with van der Waals surface area (Å²) in [6, 6.07) is 66.7. The molecule has 2 aromatic heterocycles. The van der Waals surface area contributed by atoms with E-state index in [4.69, 9.17) is 8.83 Å². The van der Waals surface area contributed by atoms with Gasteiger partial charge in [-0.3, -0.25) is 0 Å². The third kappa shape index (κ3) is 4.75. The van der Waals surface area contributed by atoms with Crippen LogP contribution < -0.4 is 4.90 Å². The van der Waals surface area contributed by atoms with E-state index >= 15 is 0 Å². The molecule has 0 amide bonds. The minimum Gasteiger partial charge on any atom is -0.456 e. The Kier molecular flexibility index (Phi) is 6.55. The summed E-state index contributed by atoms with van der Waals surface area (Å²) in [5, 5.41) is 9.37. The number of fused-ring (bicyclic) bond motifs is 9. The van der Waals surface area contributed by atoms with Gasteiger partial charge >= 0.3 is 0 Å². The first-order valence-electron chi connectivity index (χ1n) is 18.0. The second-order valence-corrected chi connectivity index (χ2v) is 13.7. The molecule has 0 bridgehead atoms. The summed E-state index contributed by atoms with van der Waals surface area (Å²) >= 11 is 0. The molecule has 0 unspecified atom stereocenters. The summed E-state index contributed by atoms with van der Waals surface area (Å²) in [4.78, 5) is 2.31. The molecule has 0 saturated heterocycles. The molecule has 2 heterocycles. The molecular weight excluding hydrogens is 647 g/mol. The SMILES string of the molecule is c1ccc(-c2cccc3c2oc2c(N(c4ccc(-c5ccc6ccc7ccccc7c6c5)cc4)c4ccc5oc6ccccc6c5c4)cccc23)cc1. The van der Waals surface area contributed by atoms with Gasteiger partial charge in [0.25, 0.3) is 0 Å². The van der Waals surface area contributed by atoms with Crippen LogP contribution in [0.3, 0.4) is 0 Å². The van der Waals surface area contributed by atoms with Gasteiger partial charge in [-0.05, 0) is 86.8 Å². The van der Waals surface area contributed by atoms with Crippen LogP contribution in [0.1, 0.15) is 0 Å². The van der Waals surface area contributed by atoms with Crippen molar-refractivity contribution in [1.29, 1.82) is 0 Å². The normalized spacial score (nSPS) is 11.8. The first kappa shape index (κ1) is 29.6. The van der Waals surface area contributed by atoms with Crippen molar-refractivity contribution in [1.82, 2.24) is 0 Å². The fourth-order valence-corrected chi connectivity index (χ4v) is 8.09. The van der Waals surface area contributed by atoms with Crippen molar-refractivity contribution in [3.63, 3.8) is 0 Å². The first-order valence-corrected chi connectivity index (χ1v) is 18.0. The molecule has 0 atom stereocenters. The van der Waals surface area contributed by atoms with Gasteiger partial charge in [0.15, 0.2) is 5.58 Å². The molecule has 3 nitrogen and oxygen atoms in total. The molecule has 11 rings (SSSR count). The molecule has 53 heavy (non-hydrogen) atoms. The van der Waals surface area contributed by atoms with Crippen molar-refractivity contribution in [3.05, 3.63) is 188 Å². The van der Waals surface area contributed by atoms with E-state index in [1.54, 1.807) is 0 Å². The average Bonchev–Trinajstić information content (AvgIpc) is 3.80. The summed E-state index contributed by atoms with van der Waals surface area (Å²) in [5.74, 6) is 0. The number of rotatable bonds is 5. The maximum Gasteiger partial charge on any atom is 0.159 e. The lowest BCUT2D eigenvalue weighted by atomic mass is 9.97. The molecule has 0 radical (unpaired) electrons. The highest BCUT2D eigenvalue weighted by Gasteiger charge is 2.22. The Bertz CT molecular complexity index is 3170. The minimum absolute atomic E-state index is 0.841. The van der Waals surface area contributed by atoms with Crippen molar-refractivity contribution in [2.24, 2.45) is 0 Å². The fourth-order valence-electron chi connectivity index (χ4n) is 8.09. The van der Waals surface area contributed by atoms with Crippen molar-refractivity contribution < 1.29 is 8.83 Å². The lowest BCUT2D eigenvalue weighted by Crippen LogP contribution is -2.10. The number of benzene rings is 9. The van der Waals surface area contributed by atoms with E-state index in [0.29, 0.717) is 0 Å². The van der Waals surface area contributed by atoms with E-state index in [2.05, 4.69) is 175 Å². The Morgan fingerprint density at radius 1 is 0.321 bits per heavy atom. The van der Waals surface area contributed by atoms with Crippen LogP contribution in [-0.2, 0) is 0 Å². The van der Waals surface area contributed by atoms with Crippen molar-refractivity contribution >= 4 is 82.5 Å². The summed E-state index contributed by atoms with van der Waals surface area (Å²) in [6.45, 7) is 0. The first-order chi connectivity index (χ1) is 26.3. The summed E-state index contributed by atoms with van der Waals surface area (Å²) in [5.41, 5.74) is 11.0. The van der Waals surface area contributed by atoms with Crippen LogP contribution in [0.4, 0.5) is 17.1 Å². The molecule has 0 saturated carbocycles. The van der Waals surface area contributed by atoms with Crippen LogP contribution in [-0.4, -0.2) is 0 Å². The lowest BCUT2D eigenvalue weighted by Gasteiger charge is -2.26. The van der Waals surface area contributed by atoms with Gasteiger partial charge < -0.3 is 13.7 Å². The maximum absolute atomic E-state index is 6.94. The van der Waals surface area contributed by atoms with Gasteiger partial charge in [0.05, 0.1) is 5.69 Å². The van der Waals surface area contributed by atoms with Crippen LogP contribution in [0.15, 0.2) is 197 Å². The highest BCUT2D eigenvalue weighted by atomic mass is 16.3. The van der Waals surface area contributed by atoms with E-state index in [0.717, 1.165) is 77.6 Å². The van der Waals surface area contributed by atoms with E-state index in [9.17, 15) is 0 Å². The van der Waals surface area contributed by atoms with Gasteiger partial charge in [0.2, 0.25) is 0 Å². The smallest absolute Gasteiger partial charge is 0.159 e. The zero-order valence-corrected chi connectivity index (χ0v) is 28.7. The Morgan fingerprint density at radius 2 is 0.962 bits per heavy atom. The number of hydrogen-bond acceptors (Lipinski definition) is 3. The van der Waals surface area contributed by atoms with E-state index in [1.807, 2.05) is 18.2 Å². The van der Waals surface area contributed by atoms with Crippen molar-refractivity contribution in [2.75, 3.05) is 4.90 Å². The Labute approximate surface area is 305 Å². The molecule has 0 fully saturated rings. The number of nitrogens with zero attached hydrogens (tertiary/aromatic N) is 1. The van der Waals surface area contributed by atoms with Gasteiger partial charge in [0, 0.05) is 38.5 Å². The predicted octanol–water partition coefficient (Wildman–Crippen LogP) is 14.6. The van der Waals surface area contributed by atoms with Crippen LogP contribution in [0.25, 0.3) is 87.7 Å². The van der Waals surface area contributed by atoms with Crippen LogP contribution in [0.2, 0.25) is 0 Å². The average molecular weight is 678 g/mol. The third-order valence-electron chi connectivity index (χ3n) is 10.7. The standard InChI is InChI=1S/C50H31NO2/c1-2-10-33(11-3-1)40-15-8-16-42-43-17-9-18-46(50(43)53-49(40)42)51(38-28-29-48-45(31-38)41-14-6-7-19-47(41)52-48)37-26-24-32(25-27-37)36-23-22-35-21-20-34-12-4-5-13-39(34)44(35)30-36/h1-31H. The number of anilines is 3.